The molecule has 1 aliphatic heterocycles. The Kier molecular flexibility index (Phi) is 5.02. The van der Waals surface area contributed by atoms with E-state index in [-0.39, 0.29) is 11.9 Å². The number of hydrogen-bond donors (Lipinski definition) is 0. The minimum absolute atomic E-state index is 0.387. The topological polar surface area (TPSA) is 55.6 Å². The van der Waals surface area contributed by atoms with Crippen LogP contribution in [0.15, 0.2) is 55.0 Å². The lowest BCUT2D eigenvalue weighted by atomic mass is 10.1. The van der Waals surface area contributed by atoms with Crippen LogP contribution in [-0.2, 0) is 0 Å². The molecule has 5 rings (SSSR count). The number of aromatic nitrogens is 4. The highest BCUT2D eigenvalue weighted by Crippen LogP contribution is 2.30. The summed E-state index contributed by atoms with van der Waals surface area (Å²) in [4.78, 5) is 10.8. The van der Waals surface area contributed by atoms with E-state index in [0.717, 1.165) is 30.0 Å². The fraction of sp³-hybridized carbons (Fsp3) is 0.292. The van der Waals surface area contributed by atoms with E-state index in [1.165, 1.54) is 36.4 Å². The number of nitrogens with zero attached hydrogens (tertiary/aromatic N) is 5. The second-order valence-corrected chi connectivity index (χ2v) is 7.98. The number of imidazole rings is 1. The molecule has 31 heavy (non-hydrogen) atoms. The van der Waals surface area contributed by atoms with Crippen LogP contribution in [0.25, 0.3) is 16.9 Å². The van der Waals surface area contributed by atoms with Crippen LogP contribution in [0, 0.1) is 12.7 Å². The zero-order valence-corrected chi connectivity index (χ0v) is 17.6. The first kappa shape index (κ1) is 19.5. The predicted octanol–water partition coefficient (Wildman–Crippen LogP) is 4.98. The summed E-state index contributed by atoms with van der Waals surface area (Å²) in [6, 6.07) is 11.6. The maximum Gasteiger partial charge on any atom is 0.232 e. The van der Waals surface area contributed by atoms with Crippen molar-refractivity contribution < 1.29 is 9.13 Å². The van der Waals surface area contributed by atoms with Crippen LogP contribution in [0.4, 0.5) is 10.1 Å². The zero-order valence-electron chi connectivity index (χ0n) is 17.6. The van der Waals surface area contributed by atoms with E-state index in [9.17, 15) is 4.39 Å². The molecule has 3 aromatic heterocycles. The van der Waals surface area contributed by atoms with E-state index < -0.39 is 0 Å². The molecule has 0 radical (unpaired) electrons. The van der Waals surface area contributed by atoms with Crippen LogP contribution < -0.4 is 9.64 Å². The third-order valence-electron chi connectivity index (χ3n) is 5.77. The van der Waals surface area contributed by atoms with Gasteiger partial charge in [0.1, 0.15) is 11.9 Å². The number of fused-ring (bicyclic) bond motifs is 1. The number of hydrogen-bond acceptors (Lipinski definition) is 5. The normalized spacial score (nSPS) is 14.9. The van der Waals surface area contributed by atoms with Crippen LogP contribution in [0.3, 0.4) is 0 Å². The van der Waals surface area contributed by atoms with E-state index in [1.54, 1.807) is 16.8 Å². The van der Waals surface area contributed by atoms with Gasteiger partial charge in [0.2, 0.25) is 5.88 Å². The van der Waals surface area contributed by atoms with Crippen molar-refractivity contribution in [1.29, 1.82) is 0 Å². The second kappa shape index (κ2) is 7.98. The quantitative estimate of drug-likeness (QED) is 0.458. The smallest absolute Gasteiger partial charge is 0.232 e. The Morgan fingerprint density at radius 2 is 1.87 bits per heavy atom. The summed E-state index contributed by atoms with van der Waals surface area (Å²) >= 11 is 0. The fourth-order valence-corrected chi connectivity index (χ4v) is 4.14. The number of anilines is 1. The fourth-order valence-electron chi connectivity index (χ4n) is 4.14. The average molecular weight is 417 g/mol. The Morgan fingerprint density at radius 1 is 1.03 bits per heavy atom. The molecule has 158 valence electrons. The molecule has 1 aliphatic rings. The molecule has 0 saturated carbocycles. The molecule has 0 bridgehead atoms. The Labute approximate surface area is 180 Å². The molecule has 7 heteroatoms. The lowest BCUT2D eigenvalue weighted by Crippen LogP contribution is -2.18. The average Bonchev–Trinajstić information content (AvgIpc) is 3.43. The maximum atomic E-state index is 13.5. The summed E-state index contributed by atoms with van der Waals surface area (Å²) < 4.78 is 21.2. The van der Waals surface area contributed by atoms with E-state index in [2.05, 4.69) is 45.1 Å². The van der Waals surface area contributed by atoms with E-state index in [1.807, 2.05) is 19.2 Å². The van der Waals surface area contributed by atoms with E-state index in [0.29, 0.717) is 11.4 Å². The van der Waals surface area contributed by atoms with Gasteiger partial charge in [-0.15, -0.1) is 5.10 Å². The lowest BCUT2D eigenvalue weighted by Gasteiger charge is -2.20. The molecular formula is C24H24FN5O. The summed E-state index contributed by atoms with van der Waals surface area (Å²) in [6.45, 7) is 6.24. The van der Waals surface area contributed by atoms with Crippen molar-refractivity contribution in [2.75, 3.05) is 18.0 Å². The molecule has 0 amide bonds. The van der Waals surface area contributed by atoms with Gasteiger partial charge in [0.05, 0.1) is 18.1 Å². The highest BCUT2D eigenvalue weighted by molar-refractivity contribution is 5.68. The number of rotatable bonds is 5. The van der Waals surface area contributed by atoms with Gasteiger partial charge >= 0.3 is 0 Å². The lowest BCUT2D eigenvalue weighted by molar-refractivity contribution is 0.213. The number of halogens is 1. The first-order chi connectivity index (χ1) is 15.1. The molecule has 0 spiro atoms. The Balaban J connectivity index is 1.44. The largest absolute Gasteiger partial charge is 0.469 e. The summed E-state index contributed by atoms with van der Waals surface area (Å²) in [6.07, 6.45) is 6.73. The van der Waals surface area contributed by atoms with Crippen molar-refractivity contribution in [3.8, 4) is 17.1 Å². The summed E-state index contributed by atoms with van der Waals surface area (Å²) in [5.74, 6) is 0.0509. The standard InChI is InChI=1S/C24H24FN5O/c1-16-11-18(5-6-21(16)29-9-3-4-10-29)22-15-27-23-7-8-24(28-30(22)23)31-17(2)19-12-20(25)14-26-13-19/h5-8,11-15,17H,3-4,9-10H2,1-2H3. The van der Waals surface area contributed by atoms with E-state index >= 15 is 0 Å². The van der Waals surface area contributed by atoms with Crippen LogP contribution in [0.1, 0.15) is 37.0 Å². The molecule has 1 unspecified atom stereocenters. The van der Waals surface area contributed by atoms with Gasteiger partial charge in [0, 0.05) is 42.2 Å². The number of aryl methyl sites for hydroxylation is 1. The van der Waals surface area contributed by atoms with Crippen molar-refractivity contribution in [3.63, 3.8) is 0 Å². The zero-order chi connectivity index (χ0) is 21.4. The highest BCUT2D eigenvalue weighted by atomic mass is 19.1. The van der Waals surface area contributed by atoms with Crippen molar-refractivity contribution in [1.82, 2.24) is 19.6 Å². The number of ether oxygens (including phenoxy) is 1. The monoisotopic (exact) mass is 417 g/mol. The van der Waals surface area contributed by atoms with Crippen LogP contribution in [0.2, 0.25) is 0 Å². The molecule has 1 aromatic carbocycles. The van der Waals surface area contributed by atoms with Gasteiger partial charge in [0.15, 0.2) is 5.65 Å². The van der Waals surface area contributed by atoms with E-state index in [4.69, 9.17) is 4.74 Å². The second-order valence-electron chi connectivity index (χ2n) is 7.98. The highest BCUT2D eigenvalue weighted by Gasteiger charge is 2.16. The Morgan fingerprint density at radius 3 is 2.65 bits per heavy atom. The summed E-state index contributed by atoms with van der Waals surface area (Å²) in [5.41, 5.74) is 5.89. The van der Waals surface area contributed by atoms with Crippen molar-refractivity contribution in [3.05, 3.63) is 71.9 Å². The van der Waals surface area contributed by atoms with Gasteiger partial charge in [-0.3, -0.25) is 4.98 Å². The predicted molar refractivity (Wildman–Crippen MR) is 118 cm³/mol. The molecule has 4 aromatic rings. The number of benzene rings is 1. The molecule has 1 atom stereocenters. The summed E-state index contributed by atoms with van der Waals surface area (Å²) in [5, 5.41) is 4.64. The third-order valence-corrected chi connectivity index (χ3v) is 5.77. The Hall–Kier alpha value is -3.48. The first-order valence-electron chi connectivity index (χ1n) is 10.6. The molecule has 6 nitrogen and oxygen atoms in total. The van der Waals surface area contributed by atoms with Gasteiger partial charge in [-0.2, -0.15) is 0 Å². The van der Waals surface area contributed by atoms with Crippen molar-refractivity contribution >= 4 is 11.3 Å². The third kappa shape index (κ3) is 3.83. The van der Waals surface area contributed by atoms with Crippen molar-refractivity contribution in [2.24, 2.45) is 0 Å². The minimum atomic E-state index is -0.388. The number of pyridine rings is 1. The van der Waals surface area contributed by atoms with Crippen LogP contribution in [-0.4, -0.2) is 32.7 Å². The molecule has 1 saturated heterocycles. The SMILES string of the molecule is Cc1cc(-c2cnc3ccc(OC(C)c4cncc(F)c4)nn23)ccc1N1CCCC1. The van der Waals surface area contributed by atoms with Crippen LogP contribution in [0.5, 0.6) is 5.88 Å². The maximum absolute atomic E-state index is 13.5. The molecule has 0 N–H and O–H groups in total. The molecule has 1 fully saturated rings. The van der Waals surface area contributed by atoms with Gasteiger partial charge in [-0.25, -0.2) is 13.9 Å². The van der Waals surface area contributed by atoms with Gasteiger partial charge in [-0.1, -0.05) is 6.07 Å². The van der Waals surface area contributed by atoms with Gasteiger partial charge < -0.3 is 9.64 Å². The van der Waals surface area contributed by atoms with Gasteiger partial charge in [-0.05, 0) is 56.5 Å². The first-order valence-corrected chi connectivity index (χ1v) is 10.6. The molecule has 4 heterocycles. The Bertz CT molecular complexity index is 1230. The summed E-state index contributed by atoms with van der Waals surface area (Å²) in [7, 11) is 0. The minimum Gasteiger partial charge on any atom is -0.469 e. The molecular weight excluding hydrogens is 393 g/mol. The van der Waals surface area contributed by atoms with Gasteiger partial charge in [0.25, 0.3) is 0 Å². The van der Waals surface area contributed by atoms with Crippen molar-refractivity contribution in [2.45, 2.75) is 32.8 Å². The van der Waals surface area contributed by atoms with Crippen LogP contribution >= 0.6 is 0 Å². The molecule has 0 aliphatic carbocycles.